The monoisotopic (exact) mass is 297 g/mol. The standard InChI is InChI=1S/C17H19N3O2/c18-12-3-1-2-10(6-12)15-4-5-16(22-15)17(21)20-14-8-13-7-11(14)9-19-13/h1-6,11,13-14,19H,7-9,18H2,(H,20,21). The lowest BCUT2D eigenvalue weighted by Gasteiger charge is -2.22. The van der Waals surface area contributed by atoms with Crippen LogP contribution in [0.1, 0.15) is 23.4 Å². The molecule has 1 aromatic heterocycles. The number of rotatable bonds is 3. The van der Waals surface area contributed by atoms with Crippen LogP contribution in [0.5, 0.6) is 0 Å². The molecule has 3 atom stereocenters. The van der Waals surface area contributed by atoms with Gasteiger partial charge in [-0.3, -0.25) is 4.79 Å². The van der Waals surface area contributed by atoms with Gasteiger partial charge in [-0.15, -0.1) is 0 Å². The van der Waals surface area contributed by atoms with Crippen LogP contribution in [0, 0.1) is 5.92 Å². The molecule has 2 bridgehead atoms. The van der Waals surface area contributed by atoms with E-state index in [0.717, 1.165) is 24.9 Å². The highest BCUT2D eigenvalue weighted by molar-refractivity contribution is 5.92. The average Bonchev–Trinajstić information content (AvgIpc) is 3.23. The quantitative estimate of drug-likeness (QED) is 0.757. The highest BCUT2D eigenvalue weighted by Crippen LogP contribution is 2.31. The van der Waals surface area contributed by atoms with Crippen molar-refractivity contribution >= 4 is 11.6 Å². The molecule has 22 heavy (non-hydrogen) atoms. The maximum absolute atomic E-state index is 12.3. The molecule has 0 spiro atoms. The summed E-state index contributed by atoms with van der Waals surface area (Å²) in [6.07, 6.45) is 2.18. The third-order valence-electron chi connectivity index (χ3n) is 4.68. The molecule has 2 aromatic rings. The molecule has 2 fully saturated rings. The molecule has 5 heteroatoms. The fourth-order valence-electron chi connectivity index (χ4n) is 3.56. The SMILES string of the molecule is Nc1cccc(-c2ccc(C(=O)NC3CC4CC3CN4)o2)c1. The van der Waals surface area contributed by atoms with E-state index in [4.69, 9.17) is 10.2 Å². The summed E-state index contributed by atoms with van der Waals surface area (Å²) in [5.41, 5.74) is 7.33. The van der Waals surface area contributed by atoms with Gasteiger partial charge in [0.2, 0.25) is 0 Å². The number of furan rings is 1. The van der Waals surface area contributed by atoms with Crippen molar-refractivity contribution in [3.63, 3.8) is 0 Å². The first-order chi connectivity index (χ1) is 10.7. The molecule has 1 saturated carbocycles. The number of benzene rings is 1. The van der Waals surface area contributed by atoms with Gasteiger partial charge in [0.05, 0.1) is 0 Å². The molecule has 1 saturated heterocycles. The average molecular weight is 297 g/mol. The lowest BCUT2D eigenvalue weighted by atomic mass is 10.0. The molecule has 1 aliphatic carbocycles. The molecule has 2 aliphatic rings. The number of piperidine rings is 1. The second kappa shape index (κ2) is 5.18. The molecule has 4 rings (SSSR count). The predicted octanol–water partition coefficient (Wildman–Crippen LogP) is 2.01. The highest BCUT2D eigenvalue weighted by Gasteiger charge is 2.40. The summed E-state index contributed by atoms with van der Waals surface area (Å²) in [4.78, 5) is 12.3. The minimum Gasteiger partial charge on any atom is -0.451 e. The van der Waals surface area contributed by atoms with Crippen LogP contribution in [0.2, 0.25) is 0 Å². The molecular weight excluding hydrogens is 278 g/mol. The van der Waals surface area contributed by atoms with Crippen molar-refractivity contribution in [3.8, 4) is 11.3 Å². The van der Waals surface area contributed by atoms with Gasteiger partial charge in [0, 0.05) is 29.9 Å². The van der Waals surface area contributed by atoms with Crippen molar-refractivity contribution in [2.75, 3.05) is 12.3 Å². The van der Waals surface area contributed by atoms with Crippen molar-refractivity contribution < 1.29 is 9.21 Å². The number of nitrogens with two attached hydrogens (primary N) is 1. The summed E-state index contributed by atoms with van der Waals surface area (Å²) >= 11 is 0. The zero-order chi connectivity index (χ0) is 15.1. The van der Waals surface area contributed by atoms with E-state index < -0.39 is 0 Å². The zero-order valence-electron chi connectivity index (χ0n) is 12.2. The Kier molecular flexibility index (Phi) is 3.15. The van der Waals surface area contributed by atoms with E-state index in [9.17, 15) is 4.79 Å². The Labute approximate surface area is 128 Å². The summed E-state index contributed by atoms with van der Waals surface area (Å²) in [6, 6.07) is 11.8. The van der Waals surface area contributed by atoms with Gasteiger partial charge in [-0.25, -0.2) is 0 Å². The Hall–Kier alpha value is -2.27. The number of anilines is 1. The van der Waals surface area contributed by atoms with Gasteiger partial charge in [0.25, 0.3) is 5.91 Å². The third kappa shape index (κ3) is 2.37. The van der Waals surface area contributed by atoms with E-state index in [-0.39, 0.29) is 11.9 Å². The van der Waals surface area contributed by atoms with Crippen LogP contribution in [0.4, 0.5) is 5.69 Å². The number of carbonyl (C=O) groups excluding carboxylic acids is 1. The van der Waals surface area contributed by atoms with E-state index in [1.807, 2.05) is 30.3 Å². The minimum atomic E-state index is -0.132. The maximum Gasteiger partial charge on any atom is 0.287 e. The van der Waals surface area contributed by atoms with Crippen LogP contribution in [-0.4, -0.2) is 24.5 Å². The smallest absolute Gasteiger partial charge is 0.287 e. The Morgan fingerprint density at radius 1 is 1.27 bits per heavy atom. The van der Waals surface area contributed by atoms with Crippen LogP contribution >= 0.6 is 0 Å². The molecule has 1 aliphatic heterocycles. The molecule has 4 N–H and O–H groups in total. The van der Waals surface area contributed by atoms with Crippen molar-refractivity contribution in [1.29, 1.82) is 0 Å². The van der Waals surface area contributed by atoms with Crippen LogP contribution in [0.3, 0.4) is 0 Å². The predicted molar refractivity (Wildman–Crippen MR) is 84.3 cm³/mol. The van der Waals surface area contributed by atoms with Crippen LogP contribution in [0.15, 0.2) is 40.8 Å². The number of hydrogen-bond donors (Lipinski definition) is 3. The Morgan fingerprint density at radius 3 is 2.91 bits per heavy atom. The number of fused-ring (bicyclic) bond motifs is 2. The van der Waals surface area contributed by atoms with Crippen molar-refractivity contribution in [2.24, 2.45) is 5.92 Å². The van der Waals surface area contributed by atoms with Gasteiger partial charge in [0.1, 0.15) is 5.76 Å². The molecule has 5 nitrogen and oxygen atoms in total. The number of amides is 1. The number of carbonyl (C=O) groups is 1. The van der Waals surface area contributed by atoms with Gasteiger partial charge in [-0.05, 0) is 43.0 Å². The number of nitrogens with one attached hydrogen (secondary N) is 2. The highest BCUT2D eigenvalue weighted by atomic mass is 16.3. The lowest BCUT2D eigenvalue weighted by molar-refractivity contribution is 0.0897. The van der Waals surface area contributed by atoms with Crippen molar-refractivity contribution in [2.45, 2.75) is 24.9 Å². The maximum atomic E-state index is 12.3. The molecular formula is C17H19N3O2. The van der Waals surface area contributed by atoms with Crippen LogP contribution in [0.25, 0.3) is 11.3 Å². The molecule has 2 heterocycles. The van der Waals surface area contributed by atoms with Crippen molar-refractivity contribution in [3.05, 3.63) is 42.2 Å². The molecule has 114 valence electrons. The summed E-state index contributed by atoms with van der Waals surface area (Å²) in [7, 11) is 0. The van der Waals surface area contributed by atoms with Gasteiger partial charge in [-0.1, -0.05) is 12.1 Å². The van der Waals surface area contributed by atoms with Gasteiger partial charge in [-0.2, -0.15) is 0 Å². The summed E-state index contributed by atoms with van der Waals surface area (Å²) in [6.45, 7) is 1.00. The zero-order valence-corrected chi connectivity index (χ0v) is 12.2. The molecule has 0 radical (unpaired) electrons. The summed E-state index contributed by atoms with van der Waals surface area (Å²) < 4.78 is 5.69. The Morgan fingerprint density at radius 2 is 2.18 bits per heavy atom. The first-order valence-corrected chi connectivity index (χ1v) is 7.69. The number of nitrogen functional groups attached to an aromatic ring is 1. The van der Waals surface area contributed by atoms with Gasteiger partial charge in [0.15, 0.2) is 5.76 Å². The molecule has 1 amide bonds. The Balaban J connectivity index is 1.48. The second-order valence-electron chi connectivity index (χ2n) is 6.21. The first-order valence-electron chi connectivity index (χ1n) is 7.69. The van der Waals surface area contributed by atoms with Gasteiger partial charge >= 0.3 is 0 Å². The Bertz CT molecular complexity index is 709. The lowest BCUT2D eigenvalue weighted by Crippen LogP contribution is -2.44. The molecule has 1 aromatic carbocycles. The van der Waals surface area contributed by atoms with E-state index in [0.29, 0.717) is 29.2 Å². The summed E-state index contributed by atoms with van der Waals surface area (Å²) in [5.74, 6) is 1.44. The van der Waals surface area contributed by atoms with E-state index in [1.54, 1.807) is 6.07 Å². The number of hydrogen-bond acceptors (Lipinski definition) is 4. The van der Waals surface area contributed by atoms with E-state index in [1.165, 1.54) is 0 Å². The topological polar surface area (TPSA) is 80.3 Å². The van der Waals surface area contributed by atoms with E-state index >= 15 is 0 Å². The van der Waals surface area contributed by atoms with Crippen molar-refractivity contribution in [1.82, 2.24) is 10.6 Å². The summed E-state index contributed by atoms with van der Waals surface area (Å²) in [5, 5.41) is 6.55. The fourth-order valence-corrected chi connectivity index (χ4v) is 3.56. The second-order valence-corrected chi connectivity index (χ2v) is 6.21. The van der Waals surface area contributed by atoms with Crippen LogP contribution < -0.4 is 16.4 Å². The first kappa shape index (κ1) is 13.4. The largest absolute Gasteiger partial charge is 0.451 e. The normalized spacial score (nSPS) is 26.3. The van der Waals surface area contributed by atoms with Gasteiger partial charge < -0.3 is 20.8 Å². The molecule has 3 unspecified atom stereocenters. The fraction of sp³-hybridized carbons (Fsp3) is 0.353. The van der Waals surface area contributed by atoms with E-state index in [2.05, 4.69) is 10.6 Å². The van der Waals surface area contributed by atoms with Crippen LogP contribution in [-0.2, 0) is 0 Å². The minimum absolute atomic E-state index is 0.132. The third-order valence-corrected chi connectivity index (χ3v) is 4.68.